The predicted molar refractivity (Wildman–Crippen MR) is 57.9 cm³/mol. The van der Waals surface area contributed by atoms with E-state index in [9.17, 15) is 4.79 Å². The molecule has 1 amide bonds. The van der Waals surface area contributed by atoms with Gasteiger partial charge in [0.15, 0.2) is 0 Å². The second kappa shape index (κ2) is 6.60. The lowest BCUT2D eigenvalue weighted by Gasteiger charge is -2.24. The highest BCUT2D eigenvalue weighted by atomic mass is 16.2. The zero-order chi connectivity index (χ0) is 11.0. The van der Waals surface area contributed by atoms with Crippen LogP contribution in [0.5, 0.6) is 0 Å². The van der Waals surface area contributed by atoms with E-state index in [0.29, 0.717) is 13.0 Å². The highest BCUT2D eigenvalue weighted by molar-refractivity contribution is 5.77. The van der Waals surface area contributed by atoms with Crippen LogP contribution in [0.3, 0.4) is 0 Å². The quantitative estimate of drug-likeness (QED) is 0.610. The van der Waals surface area contributed by atoms with Crippen molar-refractivity contribution in [3.8, 4) is 0 Å². The van der Waals surface area contributed by atoms with Gasteiger partial charge in [-0.2, -0.15) is 0 Å². The monoisotopic (exact) mass is 199 g/mol. The molecule has 0 unspecified atom stereocenters. The predicted octanol–water partition coefficient (Wildman–Crippen LogP) is 1.48. The summed E-state index contributed by atoms with van der Waals surface area (Å²) in [4.78, 5) is 11.1. The van der Waals surface area contributed by atoms with Crippen LogP contribution in [0.2, 0.25) is 0 Å². The molecule has 2 N–H and O–H groups in total. The van der Waals surface area contributed by atoms with Crippen molar-refractivity contribution in [3.05, 3.63) is 12.7 Å². The molecule has 0 heterocycles. The van der Waals surface area contributed by atoms with Gasteiger partial charge in [-0.3, -0.25) is 4.79 Å². The third-order valence-corrected chi connectivity index (χ3v) is 2.11. The maximum atomic E-state index is 11.1. The molecule has 0 spiro atoms. The van der Waals surface area contributed by atoms with E-state index in [-0.39, 0.29) is 17.9 Å². The van der Waals surface area contributed by atoms with Gasteiger partial charge in [0.2, 0.25) is 5.91 Å². The van der Waals surface area contributed by atoms with Crippen molar-refractivity contribution in [2.45, 2.75) is 33.1 Å². The van der Waals surface area contributed by atoms with Crippen molar-refractivity contribution in [2.24, 2.45) is 5.41 Å². The van der Waals surface area contributed by atoms with Crippen molar-refractivity contribution in [1.82, 2.24) is 5.32 Å². The van der Waals surface area contributed by atoms with E-state index < -0.39 is 0 Å². The summed E-state index contributed by atoms with van der Waals surface area (Å²) < 4.78 is 0. The molecule has 3 nitrogen and oxygen atoms in total. The number of amides is 1. The SMILES string of the molecule is C=CCC(=O)NCC(C)(C)CCCO. The van der Waals surface area contributed by atoms with Gasteiger partial charge < -0.3 is 10.4 Å². The first-order chi connectivity index (χ1) is 6.52. The Hall–Kier alpha value is -0.830. The van der Waals surface area contributed by atoms with E-state index in [4.69, 9.17) is 5.11 Å². The minimum atomic E-state index is 0.0112. The largest absolute Gasteiger partial charge is 0.396 e. The van der Waals surface area contributed by atoms with E-state index in [1.54, 1.807) is 6.08 Å². The van der Waals surface area contributed by atoms with Crippen LogP contribution in [0.15, 0.2) is 12.7 Å². The van der Waals surface area contributed by atoms with Crippen LogP contribution in [-0.4, -0.2) is 24.2 Å². The third-order valence-electron chi connectivity index (χ3n) is 2.11. The zero-order valence-corrected chi connectivity index (χ0v) is 9.18. The van der Waals surface area contributed by atoms with Crippen LogP contribution in [0.1, 0.15) is 33.1 Å². The summed E-state index contributed by atoms with van der Waals surface area (Å²) >= 11 is 0. The van der Waals surface area contributed by atoms with Crippen LogP contribution in [0, 0.1) is 5.41 Å². The highest BCUT2D eigenvalue weighted by Gasteiger charge is 2.17. The molecule has 0 aliphatic carbocycles. The fraction of sp³-hybridized carbons (Fsp3) is 0.727. The Morgan fingerprint density at radius 2 is 2.21 bits per heavy atom. The van der Waals surface area contributed by atoms with Crippen LogP contribution >= 0.6 is 0 Å². The van der Waals surface area contributed by atoms with Gasteiger partial charge in [-0.05, 0) is 18.3 Å². The fourth-order valence-electron chi connectivity index (χ4n) is 1.19. The minimum Gasteiger partial charge on any atom is -0.396 e. The summed E-state index contributed by atoms with van der Waals surface area (Å²) in [6.45, 7) is 8.53. The molecule has 0 aliphatic heterocycles. The molecule has 82 valence electrons. The number of nitrogens with one attached hydrogen (secondary N) is 1. The van der Waals surface area contributed by atoms with Crippen molar-refractivity contribution in [3.63, 3.8) is 0 Å². The summed E-state index contributed by atoms with van der Waals surface area (Å²) in [6, 6.07) is 0. The van der Waals surface area contributed by atoms with Gasteiger partial charge in [-0.1, -0.05) is 19.9 Å². The molecule has 0 aromatic carbocycles. The molecule has 0 saturated carbocycles. The van der Waals surface area contributed by atoms with E-state index >= 15 is 0 Å². The molecule has 0 aromatic heterocycles. The van der Waals surface area contributed by atoms with E-state index in [1.807, 2.05) is 0 Å². The Balaban J connectivity index is 3.73. The minimum absolute atomic E-state index is 0.0112. The lowest BCUT2D eigenvalue weighted by Crippen LogP contribution is -2.33. The zero-order valence-electron chi connectivity index (χ0n) is 9.18. The molecular formula is C11H21NO2. The first-order valence-electron chi connectivity index (χ1n) is 5.00. The number of aliphatic hydroxyl groups is 1. The summed E-state index contributed by atoms with van der Waals surface area (Å²) in [5.74, 6) is 0.0112. The molecule has 0 fully saturated rings. The molecular weight excluding hydrogens is 178 g/mol. The molecule has 0 bridgehead atoms. The van der Waals surface area contributed by atoms with Gasteiger partial charge in [0.25, 0.3) is 0 Å². The second-order valence-electron chi connectivity index (χ2n) is 4.26. The lowest BCUT2D eigenvalue weighted by molar-refractivity contribution is -0.120. The molecule has 14 heavy (non-hydrogen) atoms. The number of carbonyl (C=O) groups excluding carboxylic acids is 1. The van der Waals surface area contributed by atoms with Crippen LogP contribution in [0.25, 0.3) is 0 Å². The summed E-state index contributed by atoms with van der Waals surface area (Å²) in [6.07, 6.45) is 3.66. The molecule has 0 saturated heterocycles. The smallest absolute Gasteiger partial charge is 0.223 e. The summed E-state index contributed by atoms with van der Waals surface area (Å²) in [5.41, 5.74) is 0.0551. The van der Waals surface area contributed by atoms with E-state index in [1.165, 1.54) is 0 Å². The Bertz CT molecular complexity index is 188. The van der Waals surface area contributed by atoms with Gasteiger partial charge in [0, 0.05) is 19.6 Å². The van der Waals surface area contributed by atoms with Crippen molar-refractivity contribution < 1.29 is 9.90 Å². The number of rotatable bonds is 7. The van der Waals surface area contributed by atoms with Crippen molar-refractivity contribution in [1.29, 1.82) is 0 Å². The average Bonchev–Trinajstić information content (AvgIpc) is 2.13. The Labute approximate surface area is 86.2 Å². The molecule has 0 atom stereocenters. The molecule has 3 heteroatoms. The van der Waals surface area contributed by atoms with Gasteiger partial charge in [0.1, 0.15) is 0 Å². The third kappa shape index (κ3) is 6.66. The van der Waals surface area contributed by atoms with Gasteiger partial charge in [0.05, 0.1) is 0 Å². The Morgan fingerprint density at radius 3 is 2.71 bits per heavy atom. The topological polar surface area (TPSA) is 49.3 Å². The second-order valence-corrected chi connectivity index (χ2v) is 4.26. The molecule has 0 aliphatic rings. The number of hydrogen-bond donors (Lipinski definition) is 2. The first-order valence-corrected chi connectivity index (χ1v) is 5.00. The Morgan fingerprint density at radius 1 is 1.57 bits per heavy atom. The number of hydrogen-bond acceptors (Lipinski definition) is 2. The average molecular weight is 199 g/mol. The Kier molecular flexibility index (Phi) is 6.21. The summed E-state index contributed by atoms with van der Waals surface area (Å²) in [5, 5.41) is 11.5. The van der Waals surface area contributed by atoms with E-state index in [2.05, 4.69) is 25.7 Å². The maximum Gasteiger partial charge on any atom is 0.223 e. The maximum absolute atomic E-state index is 11.1. The lowest BCUT2D eigenvalue weighted by atomic mass is 9.88. The normalized spacial score (nSPS) is 11.1. The number of aliphatic hydroxyl groups excluding tert-OH is 1. The van der Waals surface area contributed by atoms with Crippen LogP contribution < -0.4 is 5.32 Å². The van der Waals surface area contributed by atoms with Gasteiger partial charge in [-0.25, -0.2) is 0 Å². The van der Waals surface area contributed by atoms with Crippen molar-refractivity contribution in [2.75, 3.05) is 13.2 Å². The van der Waals surface area contributed by atoms with Gasteiger partial charge in [-0.15, -0.1) is 6.58 Å². The highest BCUT2D eigenvalue weighted by Crippen LogP contribution is 2.20. The number of carbonyl (C=O) groups is 1. The fourth-order valence-corrected chi connectivity index (χ4v) is 1.19. The van der Waals surface area contributed by atoms with Gasteiger partial charge >= 0.3 is 0 Å². The molecule has 0 rings (SSSR count). The first kappa shape index (κ1) is 13.2. The summed E-state index contributed by atoms with van der Waals surface area (Å²) in [7, 11) is 0. The van der Waals surface area contributed by atoms with E-state index in [0.717, 1.165) is 12.8 Å². The van der Waals surface area contributed by atoms with Crippen LogP contribution in [0.4, 0.5) is 0 Å². The molecule has 0 aromatic rings. The standard InChI is InChI=1S/C11H21NO2/c1-4-6-10(14)12-9-11(2,3)7-5-8-13/h4,13H,1,5-9H2,2-3H3,(H,12,14). The van der Waals surface area contributed by atoms with Crippen LogP contribution in [-0.2, 0) is 4.79 Å². The van der Waals surface area contributed by atoms with Crippen molar-refractivity contribution >= 4 is 5.91 Å². The molecule has 0 radical (unpaired) electrons.